The summed E-state index contributed by atoms with van der Waals surface area (Å²) in [7, 11) is 1.61. The standard InChI is InChI=1S/C16H19N3O2/c1-17-16(21)14-7-4-8-19(14)15(20)9-11-10-18-13-6-3-2-5-12(11)13/h2-3,5-6,10,14,18H,4,7-9H2,1H3,(H,17,21). The average Bonchev–Trinajstić information content (AvgIpc) is 3.14. The number of carbonyl (C=O) groups is 2. The number of rotatable bonds is 3. The summed E-state index contributed by atoms with van der Waals surface area (Å²) >= 11 is 0. The van der Waals surface area contributed by atoms with Gasteiger partial charge in [0.05, 0.1) is 6.42 Å². The van der Waals surface area contributed by atoms with E-state index in [4.69, 9.17) is 0 Å². The molecule has 0 saturated carbocycles. The van der Waals surface area contributed by atoms with Gasteiger partial charge in [-0.2, -0.15) is 0 Å². The van der Waals surface area contributed by atoms with Gasteiger partial charge >= 0.3 is 0 Å². The van der Waals surface area contributed by atoms with E-state index in [1.807, 2.05) is 30.5 Å². The van der Waals surface area contributed by atoms with Crippen molar-refractivity contribution in [3.63, 3.8) is 0 Å². The molecule has 0 aliphatic carbocycles. The molecular formula is C16H19N3O2. The molecule has 1 atom stereocenters. The van der Waals surface area contributed by atoms with Gasteiger partial charge in [0.2, 0.25) is 11.8 Å². The van der Waals surface area contributed by atoms with Crippen LogP contribution in [-0.2, 0) is 16.0 Å². The highest BCUT2D eigenvalue weighted by atomic mass is 16.2. The van der Waals surface area contributed by atoms with Gasteiger partial charge in [-0.1, -0.05) is 18.2 Å². The molecule has 21 heavy (non-hydrogen) atoms. The molecule has 1 fully saturated rings. The van der Waals surface area contributed by atoms with E-state index < -0.39 is 0 Å². The van der Waals surface area contributed by atoms with Crippen molar-refractivity contribution in [3.8, 4) is 0 Å². The lowest BCUT2D eigenvalue weighted by molar-refractivity contribution is -0.137. The Morgan fingerprint density at radius 1 is 1.38 bits per heavy atom. The third-order valence-corrected chi connectivity index (χ3v) is 4.14. The van der Waals surface area contributed by atoms with Gasteiger partial charge in [-0.05, 0) is 24.5 Å². The number of H-pyrrole nitrogens is 1. The summed E-state index contributed by atoms with van der Waals surface area (Å²) in [5, 5.41) is 3.71. The normalized spacial score (nSPS) is 18.1. The Bertz CT molecular complexity index is 677. The fourth-order valence-electron chi connectivity index (χ4n) is 3.05. The maximum atomic E-state index is 12.5. The van der Waals surface area contributed by atoms with Crippen LogP contribution in [0.3, 0.4) is 0 Å². The minimum atomic E-state index is -0.312. The number of aromatic nitrogens is 1. The van der Waals surface area contributed by atoms with Crippen molar-refractivity contribution >= 4 is 22.7 Å². The van der Waals surface area contributed by atoms with Crippen molar-refractivity contribution in [2.45, 2.75) is 25.3 Å². The third-order valence-electron chi connectivity index (χ3n) is 4.14. The molecule has 2 aromatic rings. The van der Waals surface area contributed by atoms with E-state index in [2.05, 4.69) is 10.3 Å². The Balaban J connectivity index is 1.78. The summed E-state index contributed by atoms with van der Waals surface area (Å²) < 4.78 is 0. The van der Waals surface area contributed by atoms with E-state index in [0.29, 0.717) is 13.0 Å². The summed E-state index contributed by atoms with van der Waals surface area (Å²) in [4.78, 5) is 29.2. The lowest BCUT2D eigenvalue weighted by Gasteiger charge is -2.23. The first-order chi connectivity index (χ1) is 10.2. The zero-order chi connectivity index (χ0) is 14.8. The van der Waals surface area contributed by atoms with Crippen LogP contribution in [0.15, 0.2) is 30.5 Å². The molecular weight excluding hydrogens is 266 g/mol. The molecule has 0 bridgehead atoms. The number of amides is 2. The second-order valence-corrected chi connectivity index (χ2v) is 5.40. The molecule has 5 nitrogen and oxygen atoms in total. The summed E-state index contributed by atoms with van der Waals surface area (Å²) in [6, 6.07) is 7.62. The predicted octanol–water partition coefficient (Wildman–Crippen LogP) is 1.45. The van der Waals surface area contributed by atoms with E-state index in [1.54, 1.807) is 11.9 Å². The van der Waals surface area contributed by atoms with Gasteiger partial charge in [-0.15, -0.1) is 0 Å². The number of carbonyl (C=O) groups excluding carboxylic acids is 2. The van der Waals surface area contributed by atoms with E-state index in [9.17, 15) is 9.59 Å². The van der Waals surface area contributed by atoms with Crippen molar-refractivity contribution in [3.05, 3.63) is 36.0 Å². The third kappa shape index (κ3) is 2.51. The number of benzene rings is 1. The fourth-order valence-corrected chi connectivity index (χ4v) is 3.05. The van der Waals surface area contributed by atoms with Gasteiger partial charge in [-0.3, -0.25) is 9.59 Å². The van der Waals surface area contributed by atoms with E-state index in [0.717, 1.165) is 29.3 Å². The molecule has 1 unspecified atom stereocenters. The van der Waals surface area contributed by atoms with Crippen LogP contribution in [0.4, 0.5) is 0 Å². The van der Waals surface area contributed by atoms with Gasteiger partial charge in [-0.25, -0.2) is 0 Å². The Morgan fingerprint density at radius 2 is 2.19 bits per heavy atom. The van der Waals surface area contributed by atoms with E-state index >= 15 is 0 Å². The number of hydrogen-bond acceptors (Lipinski definition) is 2. The van der Waals surface area contributed by atoms with Gasteiger partial charge in [0.25, 0.3) is 0 Å². The number of para-hydroxylation sites is 1. The number of fused-ring (bicyclic) bond motifs is 1. The number of nitrogens with zero attached hydrogens (tertiary/aromatic N) is 1. The number of nitrogens with one attached hydrogen (secondary N) is 2. The zero-order valence-electron chi connectivity index (χ0n) is 12.1. The quantitative estimate of drug-likeness (QED) is 0.896. The molecule has 2 heterocycles. The van der Waals surface area contributed by atoms with Crippen LogP contribution in [0.25, 0.3) is 10.9 Å². The van der Waals surface area contributed by atoms with Crippen LogP contribution >= 0.6 is 0 Å². The summed E-state index contributed by atoms with van der Waals surface area (Å²) in [6.45, 7) is 0.666. The lowest BCUT2D eigenvalue weighted by Crippen LogP contribution is -2.45. The molecule has 0 spiro atoms. The molecule has 1 aliphatic rings. The van der Waals surface area contributed by atoms with Crippen LogP contribution in [0.5, 0.6) is 0 Å². The number of aromatic amines is 1. The monoisotopic (exact) mass is 285 g/mol. The Morgan fingerprint density at radius 3 is 3.00 bits per heavy atom. The molecule has 1 aliphatic heterocycles. The number of likely N-dealkylation sites (N-methyl/N-ethyl adjacent to an activating group) is 1. The minimum absolute atomic E-state index is 0.0193. The van der Waals surface area contributed by atoms with Crippen molar-refractivity contribution < 1.29 is 9.59 Å². The average molecular weight is 285 g/mol. The largest absolute Gasteiger partial charge is 0.361 e. The van der Waals surface area contributed by atoms with Crippen LogP contribution in [0.1, 0.15) is 18.4 Å². The maximum absolute atomic E-state index is 12.5. The highest BCUT2D eigenvalue weighted by Gasteiger charge is 2.33. The molecule has 1 saturated heterocycles. The first kappa shape index (κ1) is 13.7. The Kier molecular flexibility index (Phi) is 3.64. The second kappa shape index (κ2) is 5.60. The van der Waals surface area contributed by atoms with Crippen LogP contribution in [0.2, 0.25) is 0 Å². The van der Waals surface area contributed by atoms with Crippen molar-refractivity contribution in [2.24, 2.45) is 0 Å². The highest BCUT2D eigenvalue weighted by Crippen LogP contribution is 2.22. The smallest absolute Gasteiger partial charge is 0.242 e. The topological polar surface area (TPSA) is 65.2 Å². The summed E-state index contributed by atoms with van der Waals surface area (Å²) in [5.74, 6) is -0.0503. The molecule has 0 radical (unpaired) electrons. The number of hydrogen-bond donors (Lipinski definition) is 2. The molecule has 110 valence electrons. The van der Waals surface area contributed by atoms with Gasteiger partial charge in [0.15, 0.2) is 0 Å². The lowest BCUT2D eigenvalue weighted by atomic mass is 10.1. The fraction of sp³-hybridized carbons (Fsp3) is 0.375. The van der Waals surface area contributed by atoms with Crippen LogP contribution < -0.4 is 5.32 Å². The van der Waals surface area contributed by atoms with Gasteiger partial charge in [0, 0.05) is 30.7 Å². The summed E-state index contributed by atoms with van der Waals surface area (Å²) in [6.07, 6.45) is 3.85. The molecule has 1 aromatic heterocycles. The van der Waals surface area contributed by atoms with Crippen LogP contribution in [0, 0.1) is 0 Å². The highest BCUT2D eigenvalue weighted by molar-refractivity contribution is 5.92. The molecule has 1 aromatic carbocycles. The van der Waals surface area contributed by atoms with Crippen LogP contribution in [-0.4, -0.2) is 41.3 Å². The molecule has 5 heteroatoms. The van der Waals surface area contributed by atoms with E-state index in [-0.39, 0.29) is 17.9 Å². The zero-order valence-corrected chi connectivity index (χ0v) is 12.1. The van der Waals surface area contributed by atoms with Gasteiger partial charge in [0.1, 0.15) is 6.04 Å². The van der Waals surface area contributed by atoms with Crippen molar-refractivity contribution in [1.29, 1.82) is 0 Å². The van der Waals surface area contributed by atoms with Crippen molar-refractivity contribution in [2.75, 3.05) is 13.6 Å². The molecule has 3 rings (SSSR count). The molecule has 2 amide bonds. The molecule has 2 N–H and O–H groups in total. The predicted molar refractivity (Wildman–Crippen MR) is 80.8 cm³/mol. The second-order valence-electron chi connectivity index (χ2n) is 5.40. The number of likely N-dealkylation sites (tertiary alicyclic amines) is 1. The maximum Gasteiger partial charge on any atom is 0.242 e. The summed E-state index contributed by atoms with van der Waals surface area (Å²) in [5.41, 5.74) is 2.02. The Labute approximate surface area is 123 Å². The van der Waals surface area contributed by atoms with E-state index in [1.165, 1.54) is 0 Å². The SMILES string of the molecule is CNC(=O)C1CCCN1C(=O)Cc1c[nH]c2ccccc12. The van der Waals surface area contributed by atoms with Crippen molar-refractivity contribution in [1.82, 2.24) is 15.2 Å². The van der Waals surface area contributed by atoms with Gasteiger partial charge < -0.3 is 15.2 Å². The minimum Gasteiger partial charge on any atom is -0.361 e. The first-order valence-electron chi connectivity index (χ1n) is 7.27. The first-order valence-corrected chi connectivity index (χ1v) is 7.27. The Hall–Kier alpha value is -2.30.